The number of halogens is 1. The van der Waals surface area contributed by atoms with Gasteiger partial charge in [0.1, 0.15) is 0 Å². The zero-order chi connectivity index (χ0) is 20.7. The topological polar surface area (TPSA) is 49.3 Å². The van der Waals surface area contributed by atoms with Gasteiger partial charge in [-0.3, -0.25) is 9.89 Å². The minimum Gasteiger partial charge on any atom is -0.494 e. The Bertz CT molecular complexity index is 804. The molecule has 5 rings (SSSR count). The zero-order valence-corrected chi connectivity index (χ0v) is 18.1. The number of rotatable bonds is 4. The van der Waals surface area contributed by atoms with E-state index in [1.54, 1.807) is 12.1 Å². The maximum Gasteiger partial charge on any atom is 0.193 e. The first-order valence-corrected chi connectivity index (χ1v) is 11.3. The van der Waals surface area contributed by atoms with Crippen molar-refractivity contribution in [3.63, 3.8) is 0 Å². The Balaban J connectivity index is 1.16. The lowest BCUT2D eigenvalue weighted by Crippen LogP contribution is -2.73. The minimum atomic E-state index is -0.294. The molecule has 1 aromatic carbocycles. The lowest BCUT2D eigenvalue weighted by Gasteiger charge is -2.63. The van der Waals surface area contributed by atoms with Crippen LogP contribution in [0.15, 0.2) is 23.2 Å². The van der Waals surface area contributed by atoms with Crippen molar-refractivity contribution in [2.75, 3.05) is 46.9 Å². The maximum atomic E-state index is 14.0. The first-order chi connectivity index (χ1) is 14.6. The summed E-state index contributed by atoms with van der Waals surface area (Å²) in [5.41, 5.74) is 1.34. The number of benzene rings is 1. The average molecular weight is 417 g/mol. The van der Waals surface area contributed by atoms with Crippen LogP contribution in [-0.4, -0.2) is 74.8 Å². The maximum absolute atomic E-state index is 14.0. The average Bonchev–Trinajstić information content (AvgIpc) is 3.13. The van der Waals surface area contributed by atoms with E-state index < -0.39 is 0 Å². The van der Waals surface area contributed by atoms with Crippen LogP contribution in [0.3, 0.4) is 0 Å². The van der Waals surface area contributed by atoms with E-state index in [1.807, 2.05) is 13.1 Å². The number of methoxy groups -OCH3 is 1. The molecule has 2 aliphatic heterocycles. The van der Waals surface area contributed by atoms with Crippen molar-refractivity contribution in [1.29, 1.82) is 0 Å². The van der Waals surface area contributed by atoms with E-state index in [0.717, 1.165) is 50.9 Å². The Hall–Kier alpha value is -1.86. The van der Waals surface area contributed by atoms with Crippen LogP contribution in [0.5, 0.6) is 5.75 Å². The van der Waals surface area contributed by atoms with Crippen molar-refractivity contribution in [2.45, 2.75) is 44.4 Å². The van der Waals surface area contributed by atoms with Crippen LogP contribution in [0.4, 0.5) is 4.39 Å². The Kier molecular flexibility index (Phi) is 5.35. The molecule has 1 spiro atoms. The molecular weight excluding hydrogens is 383 g/mol. The number of nitrogens with one attached hydrogen (secondary N) is 1. The Labute approximate surface area is 178 Å². The Morgan fingerprint density at radius 2 is 2.10 bits per heavy atom. The van der Waals surface area contributed by atoms with E-state index in [0.29, 0.717) is 29.2 Å². The van der Waals surface area contributed by atoms with Crippen LogP contribution in [0.2, 0.25) is 0 Å². The molecule has 2 heterocycles. The summed E-state index contributed by atoms with van der Waals surface area (Å²) in [5.74, 6) is 1.69. The van der Waals surface area contributed by atoms with Crippen LogP contribution in [-0.2, 0) is 11.3 Å². The third-order valence-corrected chi connectivity index (χ3v) is 7.83. The number of nitrogens with zero attached hydrogens (tertiary/aromatic N) is 3. The van der Waals surface area contributed by atoms with E-state index in [4.69, 9.17) is 9.47 Å². The molecule has 1 N–H and O–H groups in total. The fourth-order valence-electron chi connectivity index (χ4n) is 6.08. The van der Waals surface area contributed by atoms with Gasteiger partial charge in [0.25, 0.3) is 0 Å². The number of piperazine rings is 1. The van der Waals surface area contributed by atoms with Gasteiger partial charge in [0.15, 0.2) is 17.5 Å². The van der Waals surface area contributed by atoms with Gasteiger partial charge in [-0.25, -0.2) is 4.39 Å². The van der Waals surface area contributed by atoms with E-state index >= 15 is 0 Å². The second-order valence-corrected chi connectivity index (χ2v) is 9.23. The molecule has 2 saturated carbocycles. The predicted molar refractivity (Wildman–Crippen MR) is 114 cm³/mol. The van der Waals surface area contributed by atoms with Crippen LogP contribution < -0.4 is 10.1 Å². The highest BCUT2D eigenvalue weighted by molar-refractivity contribution is 5.80. The van der Waals surface area contributed by atoms with Crippen molar-refractivity contribution in [1.82, 2.24) is 15.1 Å². The molecule has 4 fully saturated rings. The molecule has 2 aliphatic carbocycles. The number of hydrogen-bond acceptors (Lipinski definition) is 4. The predicted octanol–water partition coefficient (Wildman–Crippen LogP) is 2.48. The SMILES string of the molecule is CN=C(NC1C2CCOC2C12CCC2)N1CCN(Cc2ccc(OC)c(F)c2)CC1. The normalized spacial score (nSPS) is 30.6. The number of guanidine groups is 1. The summed E-state index contributed by atoms with van der Waals surface area (Å²) in [5, 5.41) is 3.84. The summed E-state index contributed by atoms with van der Waals surface area (Å²) < 4.78 is 25.1. The fraction of sp³-hybridized carbons (Fsp3) is 0.696. The van der Waals surface area contributed by atoms with E-state index in [2.05, 4.69) is 20.1 Å². The fourth-order valence-corrected chi connectivity index (χ4v) is 6.08. The lowest BCUT2D eigenvalue weighted by atomic mass is 9.46. The summed E-state index contributed by atoms with van der Waals surface area (Å²) in [4.78, 5) is 9.37. The van der Waals surface area contributed by atoms with Crippen molar-refractivity contribution in [3.05, 3.63) is 29.6 Å². The Morgan fingerprint density at radius 1 is 1.30 bits per heavy atom. The van der Waals surface area contributed by atoms with Crippen molar-refractivity contribution in [3.8, 4) is 5.75 Å². The molecule has 0 bridgehead atoms. The molecule has 0 aromatic heterocycles. The second kappa shape index (κ2) is 8.00. The van der Waals surface area contributed by atoms with E-state index in [9.17, 15) is 4.39 Å². The van der Waals surface area contributed by atoms with Gasteiger partial charge in [0.05, 0.1) is 13.2 Å². The summed E-state index contributed by atoms with van der Waals surface area (Å²) >= 11 is 0. The summed E-state index contributed by atoms with van der Waals surface area (Å²) in [6, 6.07) is 5.75. The number of aliphatic imine (C=N–C) groups is 1. The van der Waals surface area contributed by atoms with Crippen molar-refractivity contribution >= 4 is 5.96 Å². The van der Waals surface area contributed by atoms with Gasteiger partial charge in [0.2, 0.25) is 0 Å². The molecule has 6 nitrogen and oxygen atoms in total. The summed E-state index contributed by atoms with van der Waals surface area (Å²) in [6.45, 7) is 5.43. The molecule has 0 radical (unpaired) electrons. The smallest absolute Gasteiger partial charge is 0.193 e. The van der Waals surface area contributed by atoms with Gasteiger partial charge in [-0.1, -0.05) is 12.5 Å². The second-order valence-electron chi connectivity index (χ2n) is 9.23. The van der Waals surface area contributed by atoms with Crippen LogP contribution in [0.25, 0.3) is 0 Å². The molecular formula is C23H33FN4O2. The van der Waals surface area contributed by atoms with Gasteiger partial charge in [-0.05, 0) is 37.0 Å². The first-order valence-electron chi connectivity index (χ1n) is 11.3. The third kappa shape index (κ3) is 3.26. The van der Waals surface area contributed by atoms with Gasteiger partial charge in [-0.15, -0.1) is 0 Å². The Morgan fingerprint density at radius 3 is 2.73 bits per heavy atom. The minimum absolute atomic E-state index is 0.294. The molecule has 4 aliphatic rings. The highest BCUT2D eigenvalue weighted by Gasteiger charge is 2.66. The highest BCUT2D eigenvalue weighted by atomic mass is 19.1. The van der Waals surface area contributed by atoms with E-state index in [-0.39, 0.29) is 5.82 Å². The van der Waals surface area contributed by atoms with Crippen molar-refractivity contribution < 1.29 is 13.9 Å². The zero-order valence-electron chi connectivity index (χ0n) is 18.1. The molecule has 2 saturated heterocycles. The monoisotopic (exact) mass is 416 g/mol. The summed E-state index contributed by atoms with van der Waals surface area (Å²) in [6.07, 6.45) is 5.55. The number of ether oxygens (including phenoxy) is 2. The van der Waals surface area contributed by atoms with Crippen molar-refractivity contribution in [2.24, 2.45) is 16.3 Å². The lowest BCUT2D eigenvalue weighted by molar-refractivity contribution is -0.171. The van der Waals surface area contributed by atoms with E-state index in [1.165, 1.54) is 32.8 Å². The quantitative estimate of drug-likeness (QED) is 0.604. The molecule has 3 unspecified atom stereocenters. The standard InChI is InChI=1S/C23H33FN4O2/c1-25-22(26-20-17-6-13-30-21(17)23(20)7-3-8-23)28-11-9-27(10-12-28)15-16-4-5-19(29-2)18(24)14-16/h4-5,14,17,20-21H,3,6-13,15H2,1-2H3,(H,25,26). The highest BCUT2D eigenvalue weighted by Crippen LogP contribution is 2.62. The number of hydrogen-bond donors (Lipinski definition) is 1. The summed E-state index contributed by atoms with van der Waals surface area (Å²) in [7, 11) is 3.39. The van der Waals surface area contributed by atoms with Gasteiger partial charge in [-0.2, -0.15) is 0 Å². The first kappa shape index (κ1) is 20.1. The van der Waals surface area contributed by atoms with Crippen LogP contribution in [0.1, 0.15) is 31.2 Å². The van der Waals surface area contributed by atoms with Crippen LogP contribution >= 0.6 is 0 Å². The third-order valence-electron chi connectivity index (χ3n) is 7.83. The molecule has 30 heavy (non-hydrogen) atoms. The molecule has 0 amide bonds. The van der Waals surface area contributed by atoms with Gasteiger partial charge < -0.3 is 19.7 Å². The largest absolute Gasteiger partial charge is 0.494 e. The molecule has 1 aromatic rings. The van der Waals surface area contributed by atoms with Crippen LogP contribution in [0, 0.1) is 17.2 Å². The molecule has 164 valence electrons. The number of fused-ring (bicyclic) bond motifs is 2. The molecule has 7 heteroatoms. The van der Waals surface area contributed by atoms with Gasteiger partial charge in [0, 0.05) is 63.8 Å². The van der Waals surface area contributed by atoms with Gasteiger partial charge >= 0.3 is 0 Å². The molecule has 3 atom stereocenters.